The van der Waals surface area contributed by atoms with Crippen LogP contribution in [0, 0.1) is 13.8 Å². The molecule has 0 saturated heterocycles. The third-order valence-corrected chi connectivity index (χ3v) is 4.23. The van der Waals surface area contributed by atoms with Crippen LogP contribution >= 0.6 is 11.3 Å². The van der Waals surface area contributed by atoms with Gasteiger partial charge >= 0.3 is 0 Å². The van der Waals surface area contributed by atoms with Crippen LogP contribution in [0.2, 0.25) is 0 Å². The molecule has 0 radical (unpaired) electrons. The summed E-state index contributed by atoms with van der Waals surface area (Å²) < 4.78 is 5.07. The summed E-state index contributed by atoms with van der Waals surface area (Å²) in [6, 6.07) is 8.14. The Bertz CT molecular complexity index is 622. The van der Waals surface area contributed by atoms with Crippen LogP contribution in [0.3, 0.4) is 0 Å². The van der Waals surface area contributed by atoms with Crippen LogP contribution in [0.4, 0.5) is 0 Å². The number of carbonyl (C=O) groups is 1. The highest BCUT2D eigenvalue weighted by Crippen LogP contribution is 2.19. The molecular formula is C16H20N2O2S. The van der Waals surface area contributed by atoms with Crippen molar-refractivity contribution in [1.82, 2.24) is 10.3 Å². The van der Waals surface area contributed by atoms with Crippen LogP contribution in [0.15, 0.2) is 24.3 Å². The van der Waals surface area contributed by atoms with Crippen molar-refractivity contribution in [2.24, 2.45) is 0 Å². The molecule has 0 aliphatic heterocycles. The molecule has 0 fully saturated rings. The molecule has 0 atom stereocenters. The average Bonchev–Trinajstić information content (AvgIpc) is 2.77. The predicted molar refractivity (Wildman–Crippen MR) is 84.3 cm³/mol. The molecule has 0 saturated carbocycles. The van der Waals surface area contributed by atoms with Crippen molar-refractivity contribution in [2.75, 3.05) is 7.11 Å². The number of ether oxygens (including phenoxy) is 1. The van der Waals surface area contributed by atoms with E-state index in [1.165, 1.54) is 16.9 Å². The molecule has 4 nitrogen and oxygen atoms in total. The normalized spacial score (nSPS) is 10.6. The fourth-order valence-corrected chi connectivity index (χ4v) is 3.11. The lowest BCUT2D eigenvalue weighted by molar-refractivity contribution is -0.120. The second kappa shape index (κ2) is 7.33. The Morgan fingerprint density at radius 2 is 2.19 bits per heavy atom. The van der Waals surface area contributed by atoms with Crippen LogP contribution in [0.1, 0.15) is 26.7 Å². The summed E-state index contributed by atoms with van der Waals surface area (Å²) in [6.07, 6.45) is 0.374. The molecule has 0 spiro atoms. The molecule has 2 rings (SSSR count). The number of thiazole rings is 1. The monoisotopic (exact) mass is 304 g/mol. The Kier molecular flexibility index (Phi) is 5.47. The molecular weight excluding hydrogens is 284 g/mol. The molecule has 1 aromatic carbocycles. The Morgan fingerprint density at radius 1 is 1.38 bits per heavy atom. The van der Waals surface area contributed by atoms with Crippen molar-refractivity contribution in [1.29, 1.82) is 0 Å². The summed E-state index contributed by atoms with van der Waals surface area (Å²) in [4.78, 5) is 17.4. The maximum absolute atomic E-state index is 12.0. The second-order valence-corrected chi connectivity index (χ2v) is 6.16. The van der Waals surface area contributed by atoms with Crippen molar-refractivity contribution >= 4 is 17.2 Å². The fraction of sp³-hybridized carbons (Fsp3) is 0.375. The molecule has 5 heteroatoms. The van der Waals surface area contributed by atoms with Crippen LogP contribution in [0.5, 0.6) is 0 Å². The van der Waals surface area contributed by atoms with Gasteiger partial charge in [0.05, 0.1) is 18.7 Å². The second-order valence-electron chi connectivity index (χ2n) is 4.99. The number of amides is 1. The number of benzene rings is 1. The zero-order valence-corrected chi connectivity index (χ0v) is 13.4. The maximum Gasteiger partial charge on any atom is 0.225 e. The highest BCUT2D eigenvalue weighted by molar-refractivity contribution is 7.11. The van der Waals surface area contributed by atoms with E-state index >= 15 is 0 Å². The summed E-state index contributed by atoms with van der Waals surface area (Å²) >= 11 is 1.54. The van der Waals surface area contributed by atoms with E-state index in [0.717, 1.165) is 21.1 Å². The molecule has 2 aromatic rings. The summed E-state index contributed by atoms with van der Waals surface area (Å²) in [5, 5.41) is 3.87. The van der Waals surface area contributed by atoms with E-state index in [1.54, 1.807) is 7.11 Å². The molecule has 1 amide bonds. The maximum atomic E-state index is 12.0. The SMILES string of the molecule is COCc1nc(C)c(CC(=O)NCc2cccc(C)c2)s1. The average molecular weight is 304 g/mol. The Hall–Kier alpha value is -1.72. The molecule has 1 aromatic heterocycles. The van der Waals surface area contributed by atoms with Gasteiger partial charge in [-0.25, -0.2) is 4.98 Å². The van der Waals surface area contributed by atoms with E-state index in [1.807, 2.05) is 32.0 Å². The molecule has 0 bridgehead atoms. The van der Waals surface area contributed by atoms with Gasteiger partial charge in [-0.2, -0.15) is 0 Å². The van der Waals surface area contributed by atoms with Crippen LogP contribution in [-0.4, -0.2) is 18.0 Å². The van der Waals surface area contributed by atoms with E-state index < -0.39 is 0 Å². The number of aryl methyl sites for hydroxylation is 2. The van der Waals surface area contributed by atoms with Crippen LogP contribution < -0.4 is 5.32 Å². The Balaban J connectivity index is 1.89. The molecule has 0 unspecified atom stereocenters. The Labute approximate surface area is 129 Å². The van der Waals surface area contributed by atoms with Crippen molar-refractivity contribution < 1.29 is 9.53 Å². The third-order valence-electron chi connectivity index (χ3n) is 3.10. The number of rotatable bonds is 6. The standard InChI is InChI=1S/C16H20N2O2S/c1-11-5-4-6-13(7-11)9-17-15(19)8-14-12(2)18-16(21-14)10-20-3/h4-7H,8-10H2,1-3H3,(H,17,19). The first-order chi connectivity index (χ1) is 10.1. The minimum Gasteiger partial charge on any atom is -0.378 e. The van der Waals surface area contributed by atoms with Gasteiger partial charge < -0.3 is 10.1 Å². The number of carbonyl (C=O) groups excluding carboxylic acids is 1. The number of nitrogens with one attached hydrogen (secondary N) is 1. The van der Waals surface area contributed by atoms with E-state index in [4.69, 9.17) is 4.74 Å². The lowest BCUT2D eigenvalue weighted by atomic mass is 10.1. The quantitative estimate of drug-likeness (QED) is 0.893. The minimum atomic E-state index is 0.0206. The lowest BCUT2D eigenvalue weighted by Crippen LogP contribution is -2.24. The van der Waals surface area contributed by atoms with E-state index in [9.17, 15) is 4.79 Å². The van der Waals surface area contributed by atoms with Gasteiger partial charge in [-0.1, -0.05) is 29.8 Å². The summed E-state index contributed by atoms with van der Waals surface area (Å²) in [6.45, 7) is 5.03. The largest absolute Gasteiger partial charge is 0.378 e. The van der Waals surface area contributed by atoms with Gasteiger partial charge in [0.2, 0.25) is 5.91 Å². The molecule has 112 valence electrons. The number of hydrogen-bond donors (Lipinski definition) is 1. The smallest absolute Gasteiger partial charge is 0.225 e. The summed E-state index contributed by atoms with van der Waals surface area (Å²) in [7, 11) is 1.64. The van der Waals surface area contributed by atoms with Gasteiger partial charge in [0, 0.05) is 18.5 Å². The highest BCUT2D eigenvalue weighted by atomic mass is 32.1. The molecule has 0 aliphatic rings. The first kappa shape index (κ1) is 15.7. The van der Waals surface area contributed by atoms with Gasteiger partial charge in [0.15, 0.2) is 0 Å². The van der Waals surface area contributed by atoms with Crippen molar-refractivity contribution in [3.63, 3.8) is 0 Å². The van der Waals surface area contributed by atoms with Crippen LogP contribution in [0.25, 0.3) is 0 Å². The molecule has 1 heterocycles. The van der Waals surface area contributed by atoms with E-state index in [2.05, 4.69) is 16.4 Å². The third kappa shape index (κ3) is 4.65. The predicted octanol–water partition coefficient (Wildman–Crippen LogP) is 2.77. The topological polar surface area (TPSA) is 51.2 Å². The van der Waals surface area contributed by atoms with Gasteiger partial charge in [-0.05, 0) is 19.4 Å². The number of methoxy groups -OCH3 is 1. The van der Waals surface area contributed by atoms with E-state index in [0.29, 0.717) is 19.6 Å². The first-order valence-electron chi connectivity index (χ1n) is 6.85. The number of nitrogens with zero attached hydrogens (tertiary/aromatic N) is 1. The summed E-state index contributed by atoms with van der Waals surface area (Å²) in [5.41, 5.74) is 3.23. The molecule has 21 heavy (non-hydrogen) atoms. The van der Waals surface area contributed by atoms with Gasteiger partial charge in [-0.15, -0.1) is 11.3 Å². The number of aromatic nitrogens is 1. The van der Waals surface area contributed by atoms with E-state index in [-0.39, 0.29) is 5.91 Å². The summed E-state index contributed by atoms with van der Waals surface area (Å²) in [5.74, 6) is 0.0206. The van der Waals surface area contributed by atoms with Crippen molar-refractivity contribution in [3.8, 4) is 0 Å². The lowest BCUT2D eigenvalue weighted by Gasteiger charge is -2.05. The highest BCUT2D eigenvalue weighted by Gasteiger charge is 2.11. The van der Waals surface area contributed by atoms with Crippen molar-refractivity contribution in [3.05, 3.63) is 51.0 Å². The van der Waals surface area contributed by atoms with Gasteiger partial charge in [0.25, 0.3) is 0 Å². The minimum absolute atomic E-state index is 0.0206. The van der Waals surface area contributed by atoms with Gasteiger partial charge in [-0.3, -0.25) is 4.79 Å². The first-order valence-corrected chi connectivity index (χ1v) is 7.66. The van der Waals surface area contributed by atoms with Gasteiger partial charge in [0.1, 0.15) is 5.01 Å². The Morgan fingerprint density at radius 3 is 2.90 bits per heavy atom. The number of hydrogen-bond acceptors (Lipinski definition) is 4. The van der Waals surface area contributed by atoms with Crippen molar-refractivity contribution in [2.45, 2.75) is 33.4 Å². The zero-order valence-electron chi connectivity index (χ0n) is 12.6. The zero-order chi connectivity index (χ0) is 15.2. The van der Waals surface area contributed by atoms with Crippen LogP contribution in [-0.2, 0) is 29.1 Å². The fourth-order valence-electron chi connectivity index (χ4n) is 2.07. The molecule has 0 aliphatic carbocycles. The molecule has 1 N–H and O–H groups in total.